The minimum Gasteiger partial charge on any atom is -0.378 e. The van der Waals surface area contributed by atoms with E-state index in [2.05, 4.69) is 19.9 Å². The third-order valence-corrected chi connectivity index (χ3v) is 6.76. The molecule has 2 fully saturated rings. The number of hydrogen-bond donors (Lipinski definition) is 0. The zero-order chi connectivity index (χ0) is 21.4. The molecule has 2 aliphatic heterocycles. The number of ether oxygens (including phenoxy) is 2. The van der Waals surface area contributed by atoms with E-state index >= 15 is 0 Å². The Kier molecular flexibility index (Phi) is 5.56. The highest BCUT2D eigenvalue weighted by Crippen LogP contribution is 2.38. The quantitative estimate of drug-likeness (QED) is 0.621. The van der Waals surface area contributed by atoms with Crippen molar-refractivity contribution >= 4 is 33.4 Å². The van der Waals surface area contributed by atoms with E-state index < -0.39 is 0 Å². The molecule has 0 spiro atoms. The van der Waals surface area contributed by atoms with Gasteiger partial charge in [0.2, 0.25) is 5.95 Å². The fourth-order valence-corrected chi connectivity index (χ4v) is 5.36. The number of carbonyl (C=O) groups excluding carboxylic acids is 1. The number of hydrogen-bond acceptors (Lipinski definition) is 8. The summed E-state index contributed by atoms with van der Waals surface area (Å²) in [4.78, 5) is 32.8. The van der Waals surface area contributed by atoms with Crippen LogP contribution in [-0.4, -0.2) is 71.8 Å². The lowest BCUT2D eigenvalue weighted by molar-refractivity contribution is 0.0280. The van der Waals surface area contributed by atoms with E-state index in [0.29, 0.717) is 56.8 Å². The van der Waals surface area contributed by atoms with Crippen LogP contribution in [0.1, 0.15) is 32.7 Å². The molecule has 2 aliphatic rings. The molecular weight excluding hydrogens is 414 g/mol. The molecule has 0 N–H and O–H groups in total. The molecule has 9 heteroatoms. The minimum absolute atomic E-state index is 0.0321. The summed E-state index contributed by atoms with van der Waals surface area (Å²) >= 11 is 1.45. The van der Waals surface area contributed by atoms with Gasteiger partial charge >= 0.3 is 0 Å². The molecule has 1 atom stereocenters. The highest BCUT2D eigenvalue weighted by molar-refractivity contribution is 7.20. The van der Waals surface area contributed by atoms with Crippen molar-refractivity contribution in [1.82, 2.24) is 19.9 Å². The number of anilines is 1. The first-order valence-electron chi connectivity index (χ1n) is 10.5. The standard InChI is InChI=1S/C22H25N5O3S/c1-14-12-15(2)25-22(24-14)27-8-11-30-17(13-27)18-16-4-3-5-23-20(16)31-19(18)21(28)26-6-9-29-10-7-26/h3-5,12,17H,6-11,13H2,1-2H3/t17-/m0/s1. The number of aryl methyl sites for hydroxylation is 2. The maximum Gasteiger partial charge on any atom is 0.264 e. The molecule has 0 aromatic carbocycles. The zero-order valence-electron chi connectivity index (χ0n) is 17.7. The molecular formula is C22H25N5O3S. The van der Waals surface area contributed by atoms with Gasteiger partial charge < -0.3 is 19.3 Å². The largest absolute Gasteiger partial charge is 0.378 e. The van der Waals surface area contributed by atoms with Gasteiger partial charge in [0, 0.05) is 48.2 Å². The van der Waals surface area contributed by atoms with Gasteiger partial charge in [0.15, 0.2) is 0 Å². The van der Waals surface area contributed by atoms with Crippen LogP contribution in [0, 0.1) is 13.8 Å². The number of pyridine rings is 1. The molecule has 0 unspecified atom stereocenters. The molecule has 1 amide bonds. The van der Waals surface area contributed by atoms with E-state index in [1.807, 2.05) is 36.9 Å². The normalized spacial score (nSPS) is 19.7. The second-order valence-electron chi connectivity index (χ2n) is 7.86. The lowest BCUT2D eigenvalue weighted by Gasteiger charge is -2.34. The lowest BCUT2D eigenvalue weighted by Crippen LogP contribution is -2.42. The number of amides is 1. The first-order chi connectivity index (χ1) is 15.1. The van der Waals surface area contributed by atoms with Crippen LogP contribution in [0.3, 0.4) is 0 Å². The van der Waals surface area contributed by atoms with Gasteiger partial charge in [-0.2, -0.15) is 0 Å². The summed E-state index contributed by atoms with van der Waals surface area (Å²) in [5.74, 6) is 0.745. The van der Waals surface area contributed by atoms with Crippen LogP contribution in [0.15, 0.2) is 24.4 Å². The molecule has 0 radical (unpaired) electrons. The first-order valence-corrected chi connectivity index (χ1v) is 11.3. The fourth-order valence-electron chi connectivity index (χ4n) is 4.19. The van der Waals surface area contributed by atoms with Crippen LogP contribution in [0.4, 0.5) is 5.95 Å². The van der Waals surface area contributed by atoms with Gasteiger partial charge in [0.1, 0.15) is 15.8 Å². The summed E-state index contributed by atoms with van der Waals surface area (Å²) in [6, 6.07) is 5.91. The predicted octanol–water partition coefficient (Wildman–Crippen LogP) is 2.75. The maximum atomic E-state index is 13.4. The highest BCUT2D eigenvalue weighted by atomic mass is 32.1. The van der Waals surface area contributed by atoms with Gasteiger partial charge in [-0.3, -0.25) is 4.79 Å². The van der Waals surface area contributed by atoms with Crippen molar-refractivity contribution in [2.24, 2.45) is 0 Å². The number of thiophene rings is 1. The zero-order valence-corrected chi connectivity index (χ0v) is 18.5. The van der Waals surface area contributed by atoms with Crippen LogP contribution >= 0.6 is 11.3 Å². The van der Waals surface area contributed by atoms with E-state index in [1.165, 1.54) is 11.3 Å². The summed E-state index contributed by atoms with van der Waals surface area (Å²) in [5.41, 5.74) is 2.82. The van der Waals surface area contributed by atoms with Gasteiger partial charge in [-0.25, -0.2) is 15.0 Å². The third kappa shape index (κ3) is 4.00. The van der Waals surface area contributed by atoms with Crippen LogP contribution < -0.4 is 4.90 Å². The van der Waals surface area contributed by atoms with Gasteiger partial charge in [-0.05, 0) is 26.0 Å². The molecule has 3 aromatic heterocycles. The van der Waals surface area contributed by atoms with Crippen molar-refractivity contribution < 1.29 is 14.3 Å². The van der Waals surface area contributed by atoms with Gasteiger partial charge in [-0.1, -0.05) is 6.07 Å². The molecule has 31 heavy (non-hydrogen) atoms. The molecule has 5 rings (SSSR count). The number of morpholine rings is 2. The summed E-state index contributed by atoms with van der Waals surface area (Å²) in [7, 11) is 0. The van der Waals surface area contributed by atoms with Crippen molar-refractivity contribution in [2.75, 3.05) is 50.9 Å². The summed E-state index contributed by atoms with van der Waals surface area (Å²) in [6.07, 6.45) is 1.51. The van der Waals surface area contributed by atoms with Gasteiger partial charge in [-0.15, -0.1) is 11.3 Å². The topological polar surface area (TPSA) is 80.7 Å². The van der Waals surface area contributed by atoms with Crippen molar-refractivity contribution in [3.63, 3.8) is 0 Å². The van der Waals surface area contributed by atoms with Gasteiger partial charge in [0.25, 0.3) is 5.91 Å². The number of rotatable bonds is 3. The van der Waals surface area contributed by atoms with E-state index in [-0.39, 0.29) is 12.0 Å². The first kappa shape index (κ1) is 20.3. The average Bonchev–Trinajstić information content (AvgIpc) is 3.18. The van der Waals surface area contributed by atoms with Crippen molar-refractivity contribution in [3.05, 3.63) is 46.2 Å². The molecule has 0 aliphatic carbocycles. The number of carbonyl (C=O) groups is 1. The van der Waals surface area contributed by atoms with E-state index in [9.17, 15) is 4.79 Å². The van der Waals surface area contributed by atoms with Crippen LogP contribution in [0.25, 0.3) is 10.2 Å². The van der Waals surface area contributed by atoms with Gasteiger partial charge in [0.05, 0.1) is 26.4 Å². The highest BCUT2D eigenvalue weighted by Gasteiger charge is 2.33. The molecule has 0 saturated carbocycles. The summed E-state index contributed by atoms with van der Waals surface area (Å²) in [6.45, 7) is 8.16. The minimum atomic E-state index is -0.254. The van der Waals surface area contributed by atoms with E-state index in [1.54, 1.807) is 6.20 Å². The molecule has 0 bridgehead atoms. The molecule has 8 nitrogen and oxygen atoms in total. The molecule has 2 saturated heterocycles. The Hall–Kier alpha value is -2.62. The average molecular weight is 440 g/mol. The summed E-state index contributed by atoms with van der Waals surface area (Å²) < 4.78 is 11.6. The Morgan fingerprint density at radius 2 is 1.90 bits per heavy atom. The Balaban J connectivity index is 1.51. The Labute approximate surface area is 184 Å². The number of aromatic nitrogens is 3. The van der Waals surface area contributed by atoms with Crippen LogP contribution in [-0.2, 0) is 9.47 Å². The second-order valence-corrected chi connectivity index (χ2v) is 8.86. The van der Waals surface area contributed by atoms with Crippen molar-refractivity contribution in [3.8, 4) is 0 Å². The smallest absolute Gasteiger partial charge is 0.264 e. The maximum absolute atomic E-state index is 13.4. The second kappa shape index (κ2) is 8.49. The number of nitrogens with zero attached hydrogens (tertiary/aromatic N) is 5. The van der Waals surface area contributed by atoms with Crippen LogP contribution in [0.5, 0.6) is 0 Å². The SMILES string of the molecule is Cc1cc(C)nc(N2CCO[C@H](c3c(C(=O)N4CCOCC4)sc4ncccc34)C2)n1. The Morgan fingerprint density at radius 3 is 2.68 bits per heavy atom. The Morgan fingerprint density at radius 1 is 1.13 bits per heavy atom. The monoisotopic (exact) mass is 439 g/mol. The molecule has 162 valence electrons. The summed E-state index contributed by atoms with van der Waals surface area (Å²) in [5, 5.41) is 0.984. The van der Waals surface area contributed by atoms with Crippen molar-refractivity contribution in [2.45, 2.75) is 20.0 Å². The molecule has 3 aromatic rings. The van der Waals surface area contributed by atoms with Crippen molar-refractivity contribution in [1.29, 1.82) is 0 Å². The van der Waals surface area contributed by atoms with Crippen LogP contribution in [0.2, 0.25) is 0 Å². The fraction of sp³-hybridized carbons (Fsp3) is 0.455. The number of fused-ring (bicyclic) bond motifs is 1. The van der Waals surface area contributed by atoms with E-state index in [4.69, 9.17) is 9.47 Å². The third-order valence-electron chi connectivity index (χ3n) is 5.64. The lowest BCUT2D eigenvalue weighted by atomic mass is 10.0. The van der Waals surface area contributed by atoms with E-state index in [0.717, 1.165) is 27.2 Å². The Bertz CT molecular complexity index is 1090. The predicted molar refractivity (Wildman–Crippen MR) is 119 cm³/mol. The molecule has 5 heterocycles.